The Hall–Kier alpha value is -1.52. The summed E-state index contributed by atoms with van der Waals surface area (Å²) in [6.07, 6.45) is -5.44. The van der Waals surface area contributed by atoms with E-state index in [1.165, 1.54) is 12.1 Å². The van der Waals surface area contributed by atoms with E-state index in [-0.39, 0.29) is 0 Å². The number of rotatable bonds is 2. The molecular weight excluding hydrogens is 301 g/mol. The molecule has 1 atom stereocenters. The molecule has 0 aliphatic heterocycles. The van der Waals surface area contributed by atoms with Gasteiger partial charge < -0.3 is 5.11 Å². The molecule has 0 aliphatic carbocycles. The van der Waals surface area contributed by atoms with Crippen LogP contribution in [0.15, 0.2) is 36.4 Å². The highest BCUT2D eigenvalue weighted by atomic mass is 35.5. The highest BCUT2D eigenvalue weighted by Crippen LogP contribution is 2.33. The van der Waals surface area contributed by atoms with Crippen LogP contribution < -0.4 is 0 Å². The molecule has 0 radical (unpaired) electrons. The van der Waals surface area contributed by atoms with Gasteiger partial charge in [0.05, 0.1) is 5.56 Å². The predicted molar refractivity (Wildman–Crippen MR) is 76.4 cm³/mol. The zero-order chi connectivity index (χ0) is 15.8. The Labute approximate surface area is 126 Å². The first-order valence-electron chi connectivity index (χ1n) is 6.32. The van der Waals surface area contributed by atoms with Crippen molar-refractivity contribution in [3.05, 3.63) is 69.2 Å². The third-order valence-electron chi connectivity index (χ3n) is 3.46. The third kappa shape index (κ3) is 3.39. The SMILES string of the molecule is Cc1cc(Cl)c(C(O)c2ccc(C(F)(F)F)cc2)cc1C. The summed E-state index contributed by atoms with van der Waals surface area (Å²) in [4.78, 5) is 0. The van der Waals surface area contributed by atoms with Crippen LogP contribution in [0.2, 0.25) is 5.02 Å². The maximum Gasteiger partial charge on any atom is 0.416 e. The van der Waals surface area contributed by atoms with Crippen LogP contribution in [-0.4, -0.2) is 5.11 Å². The first kappa shape index (κ1) is 15.9. The highest BCUT2D eigenvalue weighted by molar-refractivity contribution is 6.31. The van der Waals surface area contributed by atoms with E-state index in [9.17, 15) is 18.3 Å². The van der Waals surface area contributed by atoms with Gasteiger partial charge in [-0.1, -0.05) is 29.8 Å². The number of hydrogen-bond acceptors (Lipinski definition) is 1. The van der Waals surface area contributed by atoms with E-state index >= 15 is 0 Å². The second-order valence-electron chi connectivity index (χ2n) is 4.98. The van der Waals surface area contributed by atoms with Crippen molar-refractivity contribution in [3.8, 4) is 0 Å². The van der Waals surface area contributed by atoms with Gasteiger partial charge in [0.2, 0.25) is 0 Å². The minimum atomic E-state index is -4.39. The van der Waals surface area contributed by atoms with Gasteiger partial charge in [0.15, 0.2) is 0 Å². The molecule has 0 spiro atoms. The predicted octanol–water partition coefficient (Wildman–Crippen LogP) is 5.06. The first-order valence-corrected chi connectivity index (χ1v) is 6.70. The van der Waals surface area contributed by atoms with Gasteiger partial charge in [0.1, 0.15) is 6.10 Å². The number of alkyl halides is 3. The fourth-order valence-electron chi connectivity index (χ4n) is 2.05. The first-order chi connectivity index (χ1) is 9.70. The van der Waals surface area contributed by atoms with E-state index in [1.807, 2.05) is 13.8 Å². The Bertz CT molecular complexity index is 648. The molecule has 1 unspecified atom stereocenters. The number of hydrogen-bond donors (Lipinski definition) is 1. The third-order valence-corrected chi connectivity index (χ3v) is 3.79. The zero-order valence-electron chi connectivity index (χ0n) is 11.5. The second kappa shape index (κ2) is 5.70. The monoisotopic (exact) mass is 314 g/mol. The van der Waals surface area contributed by atoms with Crippen LogP contribution in [0.4, 0.5) is 13.2 Å². The van der Waals surface area contributed by atoms with Crippen LogP contribution in [0.1, 0.15) is 33.9 Å². The normalized spacial score (nSPS) is 13.3. The fourth-order valence-corrected chi connectivity index (χ4v) is 2.37. The summed E-state index contributed by atoms with van der Waals surface area (Å²) in [6, 6.07) is 7.92. The molecule has 0 fully saturated rings. The molecular formula is C16H14ClF3O. The van der Waals surface area contributed by atoms with Crippen molar-refractivity contribution < 1.29 is 18.3 Å². The van der Waals surface area contributed by atoms with Crippen molar-refractivity contribution in [2.24, 2.45) is 0 Å². The molecule has 21 heavy (non-hydrogen) atoms. The van der Waals surface area contributed by atoms with Gasteiger partial charge >= 0.3 is 6.18 Å². The zero-order valence-corrected chi connectivity index (χ0v) is 12.3. The number of aliphatic hydroxyl groups excluding tert-OH is 1. The molecule has 5 heteroatoms. The van der Waals surface area contributed by atoms with Crippen LogP contribution in [-0.2, 0) is 6.18 Å². The van der Waals surface area contributed by atoms with Gasteiger partial charge in [-0.05, 0) is 48.7 Å². The van der Waals surface area contributed by atoms with Crippen molar-refractivity contribution in [1.82, 2.24) is 0 Å². The van der Waals surface area contributed by atoms with Crippen molar-refractivity contribution in [2.45, 2.75) is 26.1 Å². The maximum absolute atomic E-state index is 12.5. The average molecular weight is 315 g/mol. The van der Waals surface area contributed by atoms with Gasteiger partial charge in [-0.3, -0.25) is 0 Å². The van der Waals surface area contributed by atoms with Crippen molar-refractivity contribution in [1.29, 1.82) is 0 Å². The van der Waals surface area contributed by atoms with Crippen molar-refractivity contribution in [2.75, 3.05) is 0 Å². The van der Waals surface area contributed by atoms with Crippen LogP contribution in [0.25, 0.3) is 0 Å². The van der Waals surface area contributed by atoms with Crippen LogP contribution in [0, 0.1) is 13.8 Å². The fraction of sp³-hybridized carbons (Fsp3) is 0.250. The summed E-state index contributed by atoms with van der Waals surface area (Å²) in [7, 11) is 0. The summed E-state index contributed by atoms with van der Waals surface area (Å²) in [6.45, 7) is 3.78. The maximum atomic E-state index is 12.5. The molecule has 112 valence electrons. The van der Waals surface area contributed by atoms with E-state index in [4.69, 9.17) is 11.6 Å². The topological polar surface area (TPSA) is 20.2 Å². The van der Waals surface area contributed by atoms with Crippen molar-refractivity contribution >= 4 is 11.6 Å². The summed E-state index contributed by atoms with van der Waals surface area (Å²) in [5.74, 6) is 0. The molecule has 0 saturated heterocycles. The number of aliphatic hydroxyl groups is 1. The van der Waals surface area contributed by atoms with E-state index in [2.05, 4.69) is 0 Å². The molecule has 0 aliphatic rings. The largest absolute Gasteiger partial charge is 0.416 e. The molecule has 0 aromatic heterocycles. The summed E-state index contributed by atoms with van der Waals surface area (Å²) in [5, 5.41) is 10.7. The molecule has 0 saturated carbocycles. The van der Waals surface area contributed by atoms with Gasteiger partial charge in [-0.25, -0.2) is 0 Å². The minimum absolute atomic E-state index is 0.369. The average Bonchev–Trinajstić information content (AvgIpc) is 2.41. The van der Waals surface area contributed by atoms with Gasteiger partial charge in [-0.15, -0.1) is 0 Å². The molecule has 2 aromatic rings. The standard InChI is InChI=1S/C16H14ClF3O/c1-9-7-13(14(17)8-10(9)2)15(21)11-3-5-12(6-4-11)16(18,19)20/h3-8,15,21H,1-2H3. The Morgan fingerprint density at radius 2 is 1.52 bits per heavy atom. The highest BCUT2D eigenvalue weighted by Gasteiger charge is 2.30. The molecule has 0 bridgehead atoms. The Balaban J connectivity index is 2.36. The molecule has 1 nitrogen and oxygen atoms in total. The van der Waals surface area contributed by atoms with E-state index in [1.54, 1.807) is 12.1 Å². The van der Waals surface area contributed by atoms with Gasteiger partial charge in [-0.2, -0.15) is 13.2 Å². The Morgan fingerprint density at radius 3 is 2.05 bits per heavy atom. The smallest absolute Gasteiger partial charge is 0.384 e. The Morgan fingerprint density at radius 1 is 1.00 bits per heavy atom. The lowest BCUT2D eigenvalue weighted by molar-refractivity contribution is -0.137. The van der Waals surface area contributed by atoms with E-state index in [0.717, 1.165) is 23.3 Å². The van der Waals surface area contributed by atoms with Crippen LogP contribution >= 0.6 is 11.6 Å². The molecule has 0 amide bonds. The molecule has 1 N–H and O–H groups in total. The number of halogens is 4. The second-order valence-corrected chi connectivity index (χ2v) is 5.39. The van der Waals surface area contributed by atoms with Crippen LogP contribution in [0.5, 0.6) is 0 Å². The summed E-state index contributed by atoms with van der Waals surface area (Å²) < 4.78 is 37.6. The molecule has 0 heterocycles. The van der Waals surface area contributed by atoms with Gasteiger partial charge in [0, 0.05) is 10.6 Å². The van der Waals surface area contributed by atoms with Crippen molar-refractivity contribution in [3.63, 3.8) is 0 Å². The number of benzene rings is 2. The lowest BCUT2D eigenvalue weighted by atomic mass is 9.97. The molecule has 2 aromatic carbocycles. The quantitative estimate of drug-likeness (QED) is 0.821. The number of aryl methyl sites for hydroxylation is 2. The van der Waals surface area contributed by atoms with E-state index < -0.39 is 17.8 Å². The van der Waals surface area contributed by atoms with Gasteiger partial charge in [0.25, 0.3) is 0 Å². The molecule has 2 rings (SSSR count). The summed E-state index contributed by atoms with van der Waals surface area (Å²) in [5.41, 5.74) is 2.06. The lowest BCUT2D eigenvalue weighted by Crippen LogP contribution is -2.06. The minimum Gasteiger partial charge on any atom is -0.384 e. The summed E-state index contributed by atoms with van der Waals surface area (Å²) >= 11 is 6.11. The van der Waals surface area contributed by atoms with E-state index in [0.29, 0.717) is 16.1 Å². The van der Waals surface area contributed by atoms with Crippen LogP contribution in [0.3, 0.4) is 0 Å². The lowest BCUT2D eigenvalue weighted by Gasteiger charge is -2.16. The Kier molecular flexibility index (Phi) is 4.30.